The van der Waals surface area contributed by atoms with Crippen molar-refractivity contribution in [3.05, 3.63) is 23.9 Å². The topological polar surface area (TPSA) is 62.2 Å². The van der Waals surface area contributed by atoms with E-state index in [1.54, 1.807) is 18.3 Å². The van der Waals surface area contributed by atoms with E-state index in [-0.39, 0.29) is 29.3 Å². The molecule has 0 aromatic carbocycles. The number of hydrogen-bond acceptors (Lipinski definition) is 3. The van der Waals surface area contributed by atoms with Gasteiger partial charge in [-0.3, -0.25) is 4.79 Å². The first-order valence-electron chi connectivity index (χ1n) is 6.67. The number of rotatable bonds is 2. The number of aliphatic hydroxyl groups is 1. The minimum absolute atomic E-state index is 0.000215. The predicted octanol–water partition coefficient (Wildman–Crippen LogP) is 2.05. The Morgan fingerprint density at radius 2 is 2.05 bits per heavy atom. The van der Waals surface area contributed by atoms with Gasteiger partial charge >= 0.3 is 0 Å². The van der Waals surface area contributed by atoms with E-state index >= 15 is 0 Å². The largest absolute Gasteiger partial charge is 0.384 e. The number of amides is 1. The fourth-order valence-electron chi connectivity index (χ4n) is 2.77. The van der Waals surface area contributed by atoms with Crippen LogP contribution in [0.1, 0.15) is 33.3 Å². The quantitative estimate of drug-likeness (QED) is 0.810. The second kappa shape index (κ2) is 4.92. The van der Waals surface area contributed by atoms with Gasteiger partial charge in [0.15, 0.2) is 0 Å². The van der Waals surface area contributed by atoms with Crippen LogP contribution in [0, 0.1) is 28.6 Å². The molecule has 0 unspecified atom stereocenters. The summed E-state index contributed by atoms with van der Waals surface area (Å²) in [7, 11) is 0. The summed E-state index contributed by atoms with van der Waals surface area (Å²) < 4.78 is 0. The molecule has 4 nitrogen and oxygen atoms in total. The summed E-state index contributed by atoms with van der Waals surface area (Å²) in [6.07, 6.45) is 1.60. The number of nitrogens with zero attached hydrogens (tertiary/aromatic N) is 1. The summed E-state index contributed by atoms with van der Waals surface area (Å²) in [5, 5.41) is 11.5. The van der Waals surface area contributed by atoms with Crippen molar-refractivity contribution in [2.75, 3.05) is 11.9 Å². The molecule has 1 aromatic heterocycles. The van der Waals surface area contributed by atoms with Gasteiger partial charge in [-0.2, -0.15) is 0 Å². The van der Waals surface area contributed by atoms with Crippen molar-refractivity contribution >= 4 is 11.7 Å². The molecule has 1 amide bonds. The third-order valence-electron chi connectivity index (χ3n) is 4.61. The Balaban J connectivity index is 2.10. The third kappa shape index (κ3) is 2.41. The van der Waals surface area contributed by atoms with Crippen LogP contribution in [-0.2, 0) is 4.79 Å². The van der Waals surface area contributed by atoms with Crippen molar-refractivity contribution in [2.24, 2.45) is 16.7 Å². The zero-order valence-electron chi connectivity index (χ0n) is 12.3. The Hall–Kier alpha value is -1.86. The molecule has 0 radical (unpaired) electrons. The number of carbonyl (C=O) groups excluding carboxylic acids is 1. The molecule has 20 heavy (non-hydrogen) atoms. The summed E-state index contributed by atoms with van der Waals surface area (Å²) in [5.74, 6) is 5.85. The number of anilines is 1. The zero-order valence-corrected chi connectivity index (χ0v) is 12.3. The Labute approximate surface area is 119 Å². The zero-order chi connectivity index (χ0) is 15.0. The van der Waals surface area contributed by atoms with Gasteiger partial charge in [0, 0.05) is 17.7 Å². The van der Waals surface area contributed by atoms with Crippen LogP contribution < -0.4 is 5.32 Å². The minimum Gasteiger partial charge on any atom is -0.384 e. The van der Waals surface area contributed by atoms with E-state index in [0.717, 1.165) is 5.56 Å². The van der Waals surface area contributed by atoms with Gasteiger partial charge in [0.25, 0.3) is 0 Å². The second-order valence-corrected chi connectivity index (χ2v) is 6.26. The molecule has 1 aromatic rings. The molecular weight excluding hydrogens is 252 g/mol. The molecule has 106 valence electrons. The van der Waals surface area contributed by atoms with Crippen LogP contribution in [0.3, 0.4) is 0 Å². The Bertz CT molecular complexity index is 580. The first kappa shape index (κ1) is 14.5. The van der Waals surface area contributed by atoms with Gasteiger partial charge in [0.1, 0.15) is 12.4 Å². The van der Waals surface area contributed by atoms with Crippen LogP contribution in [0.25, 0.3) is 0 Å². The van der Waals surface area contributed by atoms with Crippen molar-refractivity contribution in [1.29, 1.82) is 0 Å². The van der Waals surface area contributed by atoms with E-state index in [2.05, 4.69) is 49.8 Å². The van der Waals surface area contributed by atoms with Crippen LogP contribution >= 0.6 is 0 Å². The van der Waals surface area contributed by atoms with Gasteiger partial charge in [-0.15, -0.1) is 0 Å². The maximum atomic E-state index is 12.3. The minimum atomic E-state index is -0.186. The van der Waals surface area contributed by atoms with Gasteiger partial charge in [-0.05, 0) is 23.0 Å². The predicted molar refractivity (Wildman–Crippen MR) is 77.9 cm³/mol. The summed E-state index contributed by atoms with van der Waals surface area (Å²) in [5.41, 5.74) is 0.732. The second-order valence-electron chi connectivity index (χ2n) is 6.26. The van der Waals surface area contributed by atoms with Crippen molar-refractivity contribution in [2.45, 2.75) is 27.7 Å². The van der Waals surface area contributed by atoms with Crippen LogP contribution in [0.4, 0.5) is 5.82 Å². The molecule has 0 spiro atoms. The van der Waals surface area contributed by atoms with E-state index in [1.807, 2.05) is 0 Å². The van der Waals surface area contributed by atoms with Gasteiger partial charge in [0.05, 0.1) is 0 Å². The van der Waals surface area contributed by atoms with Gasteiger partial charge in [-0.25, -0.2) is 4.98 Å². The van der Waals surface area contributed by atoms with E-state index in [4.69, 9.17) is 5.11 Å². The number of nitrogens with one attached hydrogen (secondary N) is 1. The molecule has 1 heterocycles. The van der Waals surface area contributed by atoms with E-state index < -0.39 is 0 Å². The summed E-state index contributed by atoms with van der Waals surface area (Å²) in [6.45, 7) is 8.23. The van der Waals surface area contributed by atoms with Crippen LogP contribution in [0.15, 0.2) is 18.3 Å². The lowest BCUT2D eigenvalue weighted by molar-refractivity contribution is -0.118. The highest BCUT2D eigenvalue weighted by atomic mass is 16.2. The molecular formula is C16H20N2O2. The summed E-state index contributed by atoms with van der Waals surface area (Å²) in [6, 6.07) is 3.45. The Morgan fingerprint density at radius 3 is 2.60 bits per heavy atom. The van der Waals surface area contributed by atoms with E-state index in [0.29, 0.717) is 5.82 Å². The normalized spacial score (nSPS) is 18.9. The molecule has 0 bridgehead atoms. The number of hydrogen-bond donors (Lipinski definition) is 2. The highest BCUT2D eigenvalue weighted by Crippen LogP contribution is 2.68. The number of pyridine rings is 1. The third-order valence-corrected chi connectivity index (χ3v) is 4.61. The fraction of sp³-hybridized carbons (Fsp3) is 0.500. The Kier molecular flexibility index (Phi) is 3.58. The van der Waals surface area contributed by atoms with Gasteiger partial charge in [0.2, 0.25) is 5.91 Å². The lowest BCUT2D eigenvalue weighted by Gasteiger charge is -2.05. The average Bonchev–Trinajstić information content (AvgIpc) is 2.77. The summed E-state index contributed by atoms with van der Waals surface area (Å²) >= 11 is 0. The Morgan fingerprint density at radius 1 is 1.40 bits per heavy atom. The summed E-state index contributed by atoms with van der Waals surface area (Å²) in [4.78, 5) is 16.4. The van der Waals surface area contributed by atoms with Crippen molar-refractivity contribution in [1.82, 2.24) is 4.98 Å². The highest BCUT2D eigenvalue weighted by molar-refractivity contribution is 5.95. The first-order valence-corrected chi connectivity index (χ1v) is 6.67. The molecule has 1 aliphatic carbocycles. The maximum Gasteiger partial charge on any atom is 0.229 e. The molecule has 1 saturated carbocycles. The van der Waals surface area contributed by atoms with Crippen molar-refractivity contribution in [3.63, 3.8) is 0 Å². The fourth-order valence-corrected chi connectivity index (χ4v) is 2.77. The molecule has 1 fully saturated rings. The van der Waals surface area contributed by atoms with E-state index in [9.17, 15) is 4.79 Å². The molecule has 0 saturated heterocycles. The highest BCUT2D eigenvalue weighted by Gasteiger charge is 2.68. The number of aromatic nitrogens is 1. The molecule has 2 N–H and O–H groups in total. The first-order chi connectivity index (χ1) is 9.30. The molecule has 4 heteroatoms. The smallest absolute Gasteiger partial charge is 0.229 e. The number of carbonyl (C=O) groups is 1. The van der Waals surface area contributed by atoms with Crippen molar-refractivity contribution < 1.29 is 9.90 Å². The van der Waals surface area contributed by atoms with Gasteiger partial charge in [-0.1, -0.05) is 39.5 Å². The molecule has 0 atom stereocenters. The lowest BCUT2D eigenvalue weighted by Crippen LogP contribution is -2.18. The van der Waals surface area contributed by atoms with Crippen LogP contribution in [0.5, 0.6) is 0 Å². The lowest BCUT2D eigenvalue weighted by atomic mass is 10.0. The monoisotopic (exact) mass is 272 g/mol. The maximum absolute atomic E-state index is 12.3. The van der Waals surface area contributed by atoms with E-state index in [1.165, 1.54) is 0 Å². The molecule has 1 aliphatic rings. The standard InChI is InChI=1S/C16H20N2O2/c1-15(2)13(16(15,3)4)14(20)18-12-10-11(6-5-9-19)7-8-17-12/h7-8,10,13,19H,9H2,1-4H3,(H,17,18,20). The number of aliphatic hydroxyl groups excluding tert-OH is 1. The van der Waals surface area contributed by atoms with Gasteiger partial charge < -0.3 is 10.4 Å². The van der Waals surface area contributed by atoms with Crippen molar-refractivity contribution in [3.8, 4) is 11.8 Å². The molecule has 2 rings (SSSR count). The SMILES string of the molecule is CC1(C)C(C(=O)Nc2cc(C#CCO)ccn2)C1(C)C. The average molecular weight is 272 g/mol. The molecule has 0 aliphatic heterocycles. The van der Waals surface area contributed by atoms with Crippen LogP contribution in [0.2, 0.25) is 0 Å². The van der Waals surface area contributed by atoms with Crippen LogP contribution in [-0.4, -0.2) is 22.6 Å².